The number of carboxylic acids is 1. The fraction of sp³-hybridized carbons (Fsp3) is 0.833. The van der Waals surface area contributed by atoms with Crippen LogP contribution in [0.15, 0.2) is 0 Å². The summed E-state index contributed by atoms with van der Waals surface area (Å²) in [7, 11) is 0. The van der Waals surface area contributed by atoms with E-state index in [1.165, 1.54) is 6.42 Å². The summed E-state index contributed by atoms with van der Waals surface area (Å²) in [5, 5.41) is 8.87. The molecule has 0 aromatic heterocycles. The predicted molar refractivity (Wildman–Crippen MR) is 64.4 cm³/mol. The van der Waals surface area contributed by atoms with Crippen molar-refractivity contribution in [2.24, 2.45) is 0 Å². The molecule has 2 aliphatic heterocycles. The first-order valence-electron chi connectivity index (χ1n) is 6.53. The highest BCUT2D eigenvalue weighted by molar-refractivity contribution is 5.76. The van der Waals surface area contributed by atoms with Gasteiger partial charge in [-0.3, -0.25) is 4.79 Å². The molecule has 18 heavy (non-hydrogen) atoms. The SMILES string of the molecule is O=C(O)CC1COCCN1C(=O)N1CCCCC1. The second-order valence-electron chi connectivity index (χ2n) is 4.85. The number of amides is 2. The minimum absolute atomic E-state index is 0.0238. The number of hydrogen-bond acceptors (Lipinski definition) is 3. The molecule has 2 heterocycles. The first-order chi connectivity index (χ1) is 8.68. The standard InChI is InChI=1S/C12H20N2O4/c15-11(16)8-10-9-18-7-6-14(10)12(17)13-4-2-1-3-5-13/h10H,1-9H2,(H,15,16). The van der Waals surface area contributed by atoms with E-state index in [0.29, 0.717) is 19.8 Å². The first kappa shape index (κ1) is 13.1. The largest absolute Gasteiger partial charge is 0.481 e. The lowest BCUT2D eigenvalue weighted by molar-refractivity contribution is -0.139. The minimum Gasteiger partial charge on any atom is -0.481 e. The number of carbonyl (C=O) groups is 2. The molecule has 2 aliphatic rings. The van der Waals surface area contributed by atoms with Gasteiger partial charge < -0.3 is 19.6 Å². The first-order valence-corrected chi connectivity index (χ1v) is 6.53. The van der Waals surface area contributed by atoms with Gasteiger partial charge in [-0.15, -0.1) is 0 Å². The topological polar surface area (TPSA) is 70.1 Å². The number of piperidine rings is 1. The molecule has 6 nitrogen and oxygen atoms in total. The monoisotopic (exact) mass is 256 g/mol. The molecule has 2 rings (SSSR count). The summed E-state index contributed by atoms with van der Waals surface area (Å²) in [6.45, 7) is 2.89. The molecule has 0 bridgehead atoms. The third kappa shape index (κ3) is 3.13. The molecule has 1 atom stereocenters. The summed E-state index contributed by atoms with van der Waals surface area (Å²) < 4.78 is 5.27. The van der Waals surface area contributed by atoms with Gasteiger partial charge in [-0.1, -0.05) is 0 Å². The number of aliphatic carboxylic acids is 1. The summed E-state index contributed by atoms with van der Waals surface area (Å²) in [6.07, 6.45) is 3.21. The van der Waals surface area contributed by atoms with Gasteiger partial charge >= 0.3 is 12.0 Å². The molecule has 1 N–H and O–H groups in total. The van der Waals surface area contributed by atoms with E-state index in [2.05, 4.69) is 0 Å². The summed E-state index contributed by atoms with van der Waals surface area (Å²) in [5.74, 6) is -0.887. The van der Waals surface area contributed by atoms with Crippen LogP contribution in [0.25, 0.3) is 0 Å². The highest BCUT2D eigenvalue weighted by atomic mass is 16.5. The van der Waals surface area contributed by atoms with E-state index in [0.717, 1.165) is 25.9 Å². The van der Waals surface area contributed by atoms with Crippen molar-refractivity contribution < 1.29 is 19.4 Å². The van der Waals surface area contributed by atoms with E-state index in [-0.39, 0.29) is 18.5 Å². The van der Waals surface area contributed by atoms with Crippen LogP contribution in [0.4, 0.5) is 4.79 Å². The summed E-state index contributed by atoms with van der Waals surface area (Å²) in [6, 6.07) is -0.352. The molecular weight excluding hydrogens is 236 g/mol. The second kappa shape index (κ2) is 6.04. The van der Waals surface area contributed by atoms with Crippen molar-refractivity contribution >= 4 is 12.0 Å². The maximum atomic E-state index is 12.3. The zero-order chi connectivity index (χ0) is 13.0. The van der Waals surface area contributed by atoms with Crippen LogP contribution >= 0.6 is 0 Å². The van der Waals surface area contributed by atoms with Crippen molar-refractivity contribution in [3.8, 4) is 0 Å². The van der Waals surface area contributed by atoms with Gasteiger partial charge in [0.1, 0.15) is 0 Å². The second-order valence-corrected chi connectivity index (χ2v) is 4.85. The Morgan fingerprint density at radius 3 is 2.56 bits per heavy atom. The van der Waals surface area contributed by atoms with Crippen LogP contribution in [0, 0.1) is 0 Å². The summed E-state index contributed by atoms with van der Waals surface area (Å²) >= 11 is 0. The number of ether oxygens (including phenoxy) is 1. The Bertz CT molecular complexity index is 315. The number of carboxylic acid groups (broad SMARTS) is 1. The maximum absolute atomic E-state index is 12.3. The average molecular weight is 256 g/mol. The fourth-order valence-corrected chi connectivity index (χ4v) is 2.54. The normalized spacial score (nSPS) is 25.0. The van der Waals surface area contributed by atoms with Gasteiger partial charge in [0, 0.05) is 19.6 Å². The zero-order valence-electron chi connectivity index (χ0n) is 10.5. The Balaban J connectivity index is 1.98. The number of rotatable bonds is 2. The lowest BCUT2D eigenvalue weighted by Gasteiger charge is -2.39. The van der Waals surface area contributed by atoms with Crippen LogP contribution in [0.5, 0.6) is 0 Å². The molecule has 2 amide bonds. The molecule has 0 spiro atoms. The quantitative estimate of drug-likeness (QED) is 0.792. The van der Waals surface area contributed by atoms with Crippen LogP contribution in [0.3, 0.4) is 0 Å². The van der Waals surface area contributed by atoms with Crippen molar-refractivity contribution in [3.63, 3.8) is 0 Å². The molecule has 0 radical (unpaired) electrons. The minimum atomic E-state index is -0.887. The number of hydrogen-bond donors (Lipinski definition) is 1. The molecule has 2 saturated heterocycles. The van der Waals surface area contributed by atoms with Crippen molar-refractivity contribution in [3.05, 3.63) is 0 Å². The Morgan fingerprint density at radius 1 is 1.17 bits per heavy atom. The Morgan fingerprint density at radius 2 is 1.89 bits per heavy atom. The van der Waals surface area contributed by atoms with Crippen molar-refractivity contribution in [2.45, 2.75) is 31.7 Å². The number of urea groups is 1. The van der Waals surface area contributed by atoms with Crippen LogP contribution in [-0.4, -0.2) is 65.8 Å². The molecule has 102 valence electrons. The average Bonchev–Trinajstić information content (AvgIpc) is 2.39. The number of likely N-dealkylation sites (tertiary alicyclic amines) is 1. The van der Waals surface area contributed by atoms with Crippen molar-refractivity contribution in [2.75, 3.05) is 32.8 Å². The molecule has 0 saturated carbocycles. The van der Waals surface area contributed by atoms with E-state index in [4.69, 9.17) is 9.84 Å². The highest BCUT2D eigenvalue weighted by Gasteiger charge is 2.32. The Kier molecular flexibility index (Phi) is 4.41. The van der Waals surface area contributed by atoms with Gasteiger partial charge in [-0.2, -0.15) is 0 Å². The van der Waals surface area contributed by atoms with Crippen LogP contribution in [-0.2, 0) is 9.53 Å². The number of morpholine rings is 1. The molecule has 0 aliphatic carbocycles. The predicted octanol–water partition coefficient (Wildman–Crippen LogP) is 0.768. The fourth-order valence-electron chi connectivity index (χ4n) is 2.54. The summed E-state index contributed by atoms with van der Waals surface area (Å²) in [5.41, 5.74) is 0. The van der Waals surface area contributed by atoms with Crippen molar-refractivity contribution in [1.82, 2.24) is 9.80 Å². The molecule has 1 unspecified atom stereocenters. The molecule has 0 aromatic rings. The van der Waals surface area contributed by atoms with Gasteiger partial charge in [0.25, 0.3) is 0 Å². The maximum Gasteiger partial charge on any atom is 0.320 e. The summed E-state index contributed by atoms with van der Waals surface area (Å²) in [4.78, 5) is 26.7. The van der Waals surface area contributed by atoms with E-state index < -0.39 is 5.97 Å². The highest BCUT2D eigenvalue weighted by Crippen LogP contribution is 2.17. The van der Waals surface area contributed by atoms with Crippen LogP contribution in [0.2, 0.25) is 0 Å². The lowest BCUT2D eigenvalue weighted by Crippen LogP contribution is -2.55. The zero-order valence-corrected chi connectivity index (χ0v) is 10.5. The third-order valence-corrected chi connectivity index (χ3v) is 3.51. The van der Waals surface area contributed by atoms with Gasteiger partial charge in [0.05, 0.1) is 25.7 Å². The molecule has 6 heteroatoms. The van der Waals surface area contributed by atoms with Crippen LogP contribution in [0.1, 0.15) is 25.7 Å². The molecular formula is C12H20N2O4. The van der Waals surface area contributed by atoms with E-state index >= 15 is 0 Å². The Labute approximate surface area is 106 Å². The van der Waals surface area contributed by atoms with Gasteiger partial charge in [0.15, 0.2) is 0 Å². The van der Waals surface area contributed by atoms with Gasteiger partial charge in [-0.25, -0.2) is 4.79 Å². The number of nitrogens with zero attached hydrogens (tertiary/aromatic N) is 2. The smallest absolute Gasteiger partial charge is 0.320 e. The molecule has 2 fully saturated rings. The van der Waals surface area contributed by atoms with Gasteiger partial charge in [0.2, 0.25) is 0 Å². The number of carbonyl (C=O) groups excluding carboxylic acids is 1. The third-order valence-electron chi connectivity index (χ3n) is 3.51. The Hall–Kier alpha value is -1.30. The van der Waals surface area contributed by atoms with Crippen LogP contribution < -0.4 is 0 Å². The van der Waals surface area contributed by atoms with Crippen molar-refractivity contribution in [1.29, 1.82) is 0 Å². The molecule has 0 aromatic carbocycles. The van der Waals surface area contributed by atoms with E-state index in [9.17, 15) is 9.59 Å². The van der Waals surface area contributed by atoms with E-state index in [1.807, 2.05) is 4.90 Å². The van der Waals surface area contributed by atoms with E-state index in [1.54, 1.807) is 4.90 Å². The lowest BCUT2D eigenvalue weighted by atomic mass is 10.1. The van der Waals surface area contributed by atoms with Gasteiger partial charge in [-0.05, 0) is 19.3 Å².